The summed E-state index contributed by atoms with van der Waals surface area (Å²) in [5.74, 6) is 2.32. The number of nitrogens with one attached hydrogen (secondary N) is 1. The van der Waals surface area contributed by atoms with Crippen LogP contribution in [0.3, 0.4) is 0 Å². The first-order chi connectivity index (χ1) is 10.2. The van der Waals surface area contributed by atoms with E-state index in [1.807, 2.05) is 18.2 Å². The highest BCUT2D eigenvalue weighted by atomic mass is 16.6. The lowest BCUT2D eigenvalue weighted by Gasteiger charge is -2.36. The van der Waals surface area contributed by atoms with Crippen LogP contribution in [0.4, 0.5) is 5.82 Å². The van der Waals surface area contributed by atoms with Crippen molar-refractivity contribution < 1.29 is 14.6 Å². The predicted molar refractivity (Wildman–Crippen MR) is 80.0 cm³/mol. The Bertz CT molecular complexity index is 683. The van der Waals surface area contributed by atoms with Crippen molar-refractivity contribution in [3.8, 4) is 11.5 Å². The van der Waals surface area contributed by atoms with Gasteiger partial charge in [0.2, 0.25) is 0 Å². The average molecular weight is 286 g/mol. The van der Waals surface area contributed by atoms with Crippen molar-refractivity contribution in [1.82, 2.24) is 4.98 Å². The van der Waals surface area contributed by atoms with E-state index < -0.39 is 5.60 Å². The maximum Gasteiger partial charge on any atom is 0.162 e. The average Bonchev–Trinajstić information content (AvgIpc) is 2.49. The molecule has 0 amide bonds. The van der Waals surface area contributed by atoms with Crippen LogP contribution >= 0.6 is 0 Å². The van der Waals surface area contributed by atoms with Crippen molar-refractivity contribution >= 4 is 16.6 Å². The third-order valence-electron chi connectivity index (χ3n) is 4.30. The number of ether oxygens (including phenoxy) is 2. The third kappa shape index (κ3) is 2.27. The molecule has 2 aliphatic rings. The summed E-state index contributed by atoms with van der Waals surface area (Å²) >= 11 is 0. The quantitative estimate of drug-likeness (QED) is 0.906. The van der Waals surface area contributed by atoms with Gasteiger partial charge in [-0.05, 0) is 42.8 Å². The van der Waals surface area contributed by atoms with E-state index in [1.165, 1.54) is 0 Å². The molecular formula is C16H18N2O3. The second-order valence-corrected chi connectivity index (χ2v) is 5.81. The van der Waals surface area contributed by atoms with E-state index in [2.05, 4.69) is 10.3 Å². The van der Waals surface area contributed by atoms with Crippen LogP contribution in [-0.4, -0.2) is 35.5 Å². The Labute approximate surface area is 122 Å². The highest BCUT2D eigenvalue weighted by Crippen LogP contribution is 2.37. The van der Waals surface area contributed by atoms with Gasteiger partial charge < -0.3 is 19.9 Å². The molecule has 1 aromatic heterocycles. The Kier molecular flexibility index (Phi) is 2.89. The fourth-order valence-corrected chi connectivity index (χ4v) is 2.86. The number of hydrogen-bond acceptors (Lipinski definition) is 5. The van der Waals surface area contributed by atoms with Crippen LogP contribution in [-0.2, 0) is 0 Å². The van der Waals surface area contributed by atoms with E-state index in [-0.39, 0.29) is 0 Å². The molecule has 21 heavy (non-hydrogen) atoms. The Balaban J connectivity index is 1.68. The molecule has 110 valence electrons. The molecule has 0 spiro atoms. The minimum absolute atomic E-state index is 0.535. The summed E-state index contributed by atoms with van der Waals surface area (Å²) in [6.45, 7) is 1.69. The Morgan fingerprint density at radius 2 is 1.95 bits per heavy atom. The number of hydrogen-bond donors (Lipinski definition) is 2. The van der Waals surface area contributed by atoms with Crippen LogP contribution in [0.5, 0.6) is 11.5 Å². The van der Waals surface area contributed by atoms with Gasteiger partial charge in [0.1, 0.15) is 19.0 Å². The van der Waals surface area contributed by atoms with Crippen LogP contribution in [0.2, 0.25) is 0 Å². The smallest absolute Gasteiger partial charge is 0.162 e. The molecule has 0 saturated heterocycles. The van der Waals surface area contributed by atoms with E-state index >= 15 is 0 Å². The molecule has 1 aliphatic carbocycles. The van der Waals surface area contributed by atoms with Gasteiger partial charge in [-0.1, -0.05) is 0 Å². The molecule has 2 heterocycles. The molecule has 2 aromatic rings. The molecule has 1 saturated carbocycles. The van der Waals surface area contributed by atoms with Crippen LogP contribution in [0.25, 0.3) is 10.8 Å². The summed E-state index contributed by atoms with van der Waals surface area (Å²) < 4.78 is 11.2. The molecule has 1 fully saturated rings. The zero-order chi connectivity index (χ0) is 14.3. The maximum atomic E-state index is 10.2. The zero-order valence-corrected chi connectivity index (χ0v) is 11.8. The van der Waals surface area contributed by atoms with Gasteiger partial charge in [-0.15, -0.1) is 0 Å². The number of pyridine rings is 1. The Hall–Kier alpha value is -2.01. The number of anilines is 1. The highest BCUT2D eigenvalue weighted by molar-refractivity contribution is 5.94. The number of aliphatic hydroxyl groups is 1. The van der Waals surface area contributed by atoms with Gasteiger partial charge in [0, 0.05) is 18.1 Å². The van der Waals surface area contributed by atoms with Crippen molar-refractivity contribution in [2.75, 3.05) is 25.1 Å². The lowest BCUT2D eigenvalue weighted by atomic mass is 9.80. The van der Waals surface area contributed by atoms with E-state index in [1.54, 1.807) is 6.20 Å². The maximum absolute atomic E-state index is 10.2. The topological polar surface area (TPSA) is 63.6 Å². The first-order valence-corrected chi connectivity index (χ1v) is 7.38. The summed E-state index contributed by atoms with van der Waals surface area (Å²) in [5.41, 5.74) is -0.572. The van der Waals surface area contributed by atoms with E-state index in [0.29, 0.717) is 19.8 Å². The summed E-state index contributed by atoms with van der Waals surface area (Å²) in [6.07, 6.45) is 4.58. The number of aromatic nitrogens is 1. The minimum Gasteiger partial charge on any atom is -0.486 e. The van der Waals surface area contributed by atoms with Gasteiger partial charge in [0.15, 0.2) is 11.5 Å². The van der Waals surface area contributed by atoms with Gasteiger partial charge in [-0.25, -0.2) is 4.98 Å². The van der Waals surface area contributed by atoms with Crippen LogP contribution in [0.15, 0.2) is 24.4 Å². The zero-order valence-electron chi connectivity index (χ0n) is 11.8. The molecule has 0 radical (unpaired) electrons. The third-order valence-corrected chi connectivity index (χ3v) is 4.30. The molecule has 1 aliphatic heterocycles. The first kappa shape index (κ1) is 12.7. The van der Waals surface area contributed by atoms with Crippen molar-refractivity contribution in [1.29, 1.82) is 0 Å². The largest absolute Gasteiger partial charge is 0.486 e. The van der Waals surface area contributed by atoms with E-state index in [9.17, 15) is 5.11 Å². The van der Waals surface area contributed by atoms with Crippen molar-refractivity contribution in [2.24, 2.45) is 0 Å². The number of fused-ring (bicyclic) bond motifs is 2. The highest BCUT2D eigenvalue weighted by Gasteiger charge is 2.34. The Morgan fingerprint density at radius 1 is 1.19 bits per heavy atom. The standard InChI is InChI=1S/C16H18N2O3/c19-16(3-1-4-16)10-18-15-12-9-14-13(20-6-7-21-14)8-11(12)2-5-17-15/h2,5,8-9,19H,1,3-4,6-7,10H2,(H,17,18). The second-order valence-electron chi connectivity index (χ2n) is 5.81. The van der Waals surface area contributed by atoms with Crippen LogP contribution in [0.1, 0.15) is 19.3 Å². The van der Waals surface area contributed by atoms with Gasteiger partial charge in [-0.2, -0.15) is 0 Å². The molecule has 5 nitrogen and oxygen atoms in total. The number of benzene rings is 1. The number of nitrogens with zero attached hydrogens (tertiary/aromatic N) is 1. The molecule has 0 unspecified atom stereocenters. The molecule has 2 N–H and O–H groups in total. The van der Waals surface area contributed by atoms with E-state index in [4.69, 9.17) is 9.47 Å². The van der Waals surface area contributed by atoms with Crippen molar-refractivity contribution in [3.05, 3.63) is 24.4 Å². The van der Waals surface area contributed by atoms with Gasteiger partial charge >= 0.3 is 0 Å². The van der Waals surface area contributed by atoms with Gasteiger partial charge in [-0.3, -0.25) is 0 Å². The molecule has 0 bridgehead atoms. The van der Waals surface area contributed by atoms with Crippen LogP contribution in [0, 0.1) is 0 Å². The Morgan fingerprint density at radius 3 is 2.67 bits per heavy atom. The fraction of sp³-hybridized carbons (Fsp3) is 0.438. The molecule has 4 rings (SSSR count). The van der Waals surface area contributed by atoms with Gasteiger partial charge in [0.05, 0.1) is 5.60 Å². The molecule has 0 atom stereocenters. The monoisotopic (exact) mass is 286 g/mol. The molecule has 5 heteroatoms. The lowest BCUT2D eigenvalue weighted by Crippen LogP contribution is -2.43. The normalized spacial score (nSPS) is 19.1. The summed E-state index contributed by atoms with van der Waals surface area (Å²) in [5, 5.41) is 15.5. The number of rotatable bonds is 3. The predicted octanol–water partition coefficient (Wildman–Crippen LogP) is 2.33. The van der Waals surface area contributed by atoms with Crippen molar-refractivity contribution in [2.45, 2.75) is 24.9 Å². The van der Waals surface area contributed by atoms with Crippen molar-refractivity contribution in [3.63, 3.8) is 0 Å². The molecular weight excluding hydrogens is 268 g/mol. The minimum atomic E-state index is -0.572. The lowest BCUT2D eigenvalue weighted by molar-refractivity contribution is -0.0202. The van der Waals surface area contributed by atoms with E-state index in [0.717, 1.165) is 47.4 Å². The SMILES string of the molecule is OC1(CNc2nccc3cc4c(cc23)OCCO4)CCC1. The fourth-order valence-electron chi connectivity index (χ4n) is 2.86. The summed E-state index contributed by atoms with van der Waals surface area (Å²) in [7, 11) is 0. The van der Waals surface area contributed by atoms with Gasteiger partial charge in [0.25, 0.3) is 0 Å². The summed E-state index contributed by atoms with van der Waals surface area (Å²) in [6, 6.07) is 5.90. The summed E-state index contributed by atoms with van der Waals surface area (Å²) in [4.78, 5) is 4.40. The second kappa shape index (κ2) is 4.77. The first-order valence-electron chi connectivity index (χ1n) is 7.38. The molecule has 1 aromatic carbocycles. The van der Waals surface area contributed by atoms with Crippen LogP contribution < -0.4 is 14.8 Å².